The molecule has 0 aliphatic heterocycles. The van der Waals surface area contributed by atoms with Crippen molar-refractivity contribution in [2.45, 2.75) is 44.6 Å². The number of halogens is 1. The second-order valence-corrected chi connectivity index (χ2v) is 8.39. The lowest BCUT2D eigenvalue weighted by molar-refractivity contribution is -0.165. The van der Waals surface area contributed by atoms with E-state index in [0.717, 1.165) is 10.9 Å². The van der Waals surface area contributed by atoms with Gasteiger partial charge < -0.3 is 4.74 Å². The molecule has 0 bridgehead atoms. The Hall–Kier alpha value is -1.61. The second kappa shape index (κ2) is 6.72. The fraction of sp³-hybridized carbons (Fsp3) is 0.381. The zero-order valence-electron chi connectivity index (χ0n) is 14.3. The first-order valence-corrected chi connectivity index (χ1v) is 9.18. The van der Waals surface area contributed by atoms with Gasteiger partial charge in [0.05, 0.1) is 5.92 Å². The van der Waals surface area contributed by atoms with Crippen LogP contribution in [0.2, 0.25) is 0 Å². The van der Waals surface area contributed by atoms with Crippen molar-refractivity contribution >= 4 is 21.9 Å². The standard InChI is InChI=1S/C21H23BrO2/c1-21(2,3)24-20(23)18-13-17(14-7-5-4-6-8-14)19(18)15-9-11-16(22)12-10-15/h4-12,17-19H,13H2,1-3H3/t17?,18-,19-/m1/s1. The largest absolute Gasteiger partial charge is 0.460 e. The lowest BCUT2D eigenvalue weighted by Crippen LogP contribution is -2.41. The third-order valence-corrected chi connectivity index (χ3v) is 5.10. The molecule has 2 aromatic carbocycles. The van der Waals surface area contributed by atoms with Gasteiger partial charge in [-0.3, -0.25) is 4.79 Å². The average molecular weight is 387 g/mol. The van der Waals surface area contributed by atoms with E-state index in [4.69, 9.17) is 4.74 Å². The summed E-state index contributed by atoms with van der Waals surface area (Å²) in [5, 5.41) is 0. The van der Waals surface area contributed by atoms with Crippen LogP contribution in [-0.4, -0.2) is 11.6 Å². The van der Waals surface area contributed by atoms with E-state index >= 15 is 0 Å². The van der Waals surface area contributed by atoms with E-state index in [-0.39, 0.29) is 17.8 Å². The maximum absolute atomic E-state index is 12.6. The highest BCUT2D eigenvalue weighted by Gasteiger charge is 2.48. The topological polar surface area (TPSA) is 26.3 Å². The van der Waals surface area contributed by atoms with Gasteiger partial charge in [-0.1, -0.05) is 58.4 Å². The molecule has 3 atom stereocenters. The van der Waals surface area contributed by atoms with E-state index in [9.17, 15) is 4.79 Å². The van der Waals surface area contributed by atoms with Crippen molar-refractivity contribution in [2.24, 2.45) is 5.92 Å². The van der Waals surface area contributed by atoms with Crippen LogP contribution in [0.15, 0.2) is 59.1 Å². The zero-order chi connectivity index (χ0) is 17.3. The molecule has 0 saturated heterocycles. The molecular weight excluding hydrogens is 364 g/mol. The second-order valence-electron chi connectivity index (χ2n) is 7.47. The van der Waals surface area contributed by atoms with Crippen molar-refractivity contribution in [3.63, 3.8) is 0 Å². The molecule has 1 aliphatic rings. The van der Waals surface area contributed by atoms with Crippen LogP contribution in [0.1, 0.15) is 50.2 Å². The molecule has 3 heteroatoms. The molecule has 2 nitrogen and oxygen atoms in total. The minimum atomic E-state index is -0.445. The molecule has 3 rings (SSSR count). The Labute approximate surface area is 152 Å². The van der Waals surface area contributed by atoms with Gasteiger partial charge in [-0.05, 0) is 56.4 Å². The first kappa shape index (κ1) is 17.2. The molecule has 1 aliphatic carbocycles. The zero-order valence-corrected chi connectivity index (χ0v) is 15.9. The normalized spacial score (nSPS) is 23.4. The van der Waals surface area contributed by atoms with Gasteiger partial charge in [0, 0.05) is 10.4 Å². The van der Waals surface area contributed by atoms with Gasteiger partial charge in [0.2, 0.25) is 0 Å². The summed E-state index contributed by atoms with van der Waals surface area (Å²) in [5.41, 5.74) is 2.05. The molecule has 1 fully saturated rings. The molecule has 0 spiro atoms. The quantitative estimate of drug-likeness (QED) is 0.634. The summed E-state index contributed by atoms with van der Waals surface area (Å²) < 4.78 is 6.70. The van der Waals surface area contributed by atoms with Crippen molar-refractivity contribution < 1.29 is 9.53 Å². The molecule has 1 unspecified atom stereocenters. The highest BCUT2D eigenvalue weighted by molar-refractivity contribution is 9.10. The maximum atomic E-state index is 12.6. The van der Waals surface area contributed by atoms with Gasteiger partial charge in [0.15, 0.2) is 0 Å². The summed E-state index contributed by atoms with van der Waals surface area (Å²) in [5.74, 6) is 0.387. The van der Waals surface area contributed by atoms with Gasteiger partial charge in [-0.15, -0.1) is 0 Å². The molecule has 24 heavy (non-hydrogen) atoms. The van der Waals surface area contributed by atoms with Crippen molar-refractivity contribution in [1.29, 1.82) is 0 Å². The number of hydrogen-bond donors (Lipinski definition) is 0. The summed E-state index contributed by atoms with van der Waals surface area (Å²) in [6.45, 7) is 5.77. The van der Waals surface area contributed by atoms with Crippen LogP contribution in [-0.2, 0) is 9.53 Å². The van der Waals surface area contributed by atoms with E-state index in [2.05, 4.69) is 52.3 Å². The fourth-order valence-corrected chi connectivity index (χ4v) is 3.73. The Morgan fingerprint density at radius 1 is 1.00 bits per heavy atom. The molecule has 0 aromatic heterocycles. The van der Waals surface area contributed by atoms with Gasteiger partial charge in [0.1, 0.15) is 5.60 Å². The van der Waals surface area contributed by atoms with E-state index in [1.165, 1.54) is 11.1 Å². The number of esters is 1. The van der Waals surface area contributed by atoms with E-state index in [0.29, 0.717) is 5.92 Å². The van der Waals surface area contributed by atoms with Gasteiger partial charge in [-0.2, -0.15) is 0 Å². The first-order chi connectivity index (χ1) is 11.3. The van der Waals surface area contributed by atoms with E-state index in [1.807, 2.05) is 39.0 Å². The van der Waals surface area contributed by atoms with Crippen LogP contribution in [0.3, 0.4) is 0 Å². The monoisotopic (exact) mass is 386 g/mol. The molecule has 0 amide bonds. The fourth-order valence-electron chi connectivity index (χ4n) is 3.46. The van der Waals surface area contributed by atoms with Gasteiger partial charge in [0.25, 0.3) is 0 Å². The van der Waals surface area contributed by atoms with Crippen LogP contribution in [0.5, 0.6) is 0 Å². The third-order valence-electron chi connectivity index (χ3n) is 4.57. The van der Waals surface area contributed by atoms with E-state index < -0.39 is 5.60 Å². The number of ether oxygens (including phenoxy) is 1. The minimum absolute atomic E-state index is 0.0735. The first-order valence-electron chi connectivity index (χ1n) is 8.38. The van der Waals surface area contributed by atoms with Crippen molar-refractivity contribution in [1.82, 2.24) is 0 Å². The van der Waals surface area contributed by atoms with E-state index in [1.54, 1.807) is 0 Å². The summed E-state index contributed by atoms with van der Waals surface area (Å²) in [6, 6.07) is 18.8. The SMILES string of the molecule is CC(C)(C)OC(=O)[C@@H]1CC(c2ccccc2)[C@H]1c1ccc(Br)cc1. The number of rotatable bonds is 3. The number of carbonyl (C=O) groups excluding carboxylic acids is 1. The Balaban J connectivity index is 1.88. The summed E-state index contributed by atoms with van der Waals surface area (Å²) >= 11 is 3.49. The van der Waals surface area contributed by atoms with Crippen LogP contribution in [0.25, 0.3) is 0 Å². The summed E-state index contributed by atoms with van der Waals surface area (Å²) in [6.07, 6.45) is 0.847. The van der Waals surface area contributed by atoms with Crippen LogP contribution in [0.4, 0.5) is 0 Å². The summed E-state index contributed by atoms with van der Waals surface area (Å²) in [7, 11) is 0. The smallest absolute Gasteiger partial charge is 0.310 e. The molecule has 2 aromatic rings. The predicted molar refractivity (Wildman–Crippen MR) is 100 cm³/mol. The molecular formula is C21H23BrO2. The average Bonchev–Trinajstić information content (AvgIpc) is 2.48. The highest BCUT2D eigenvalue weighted by atomic mass is 79.9. The van der Waals surface area contributed by atoms with Crippen molar-refractivity contribution in [2.75, 3.05) is 0 Å². The van der Waals surface area contributed by atoms with Crippen molar-refractivity contribution in [3.8, 4) is 0 Å². The number of hydrogen-bond acceptors (Lipinski definition) is 2. The number of benzene rings is 2. The maximum Gasteiger partial charge on any atom is 0.310 e. The van der Waals surface area contributed by atoms with Crippen LogP contribution in [0, 0.1) is 5.92 Å². The Morgan fingerprint density at radius 3 is 2.21 bits per heavy atom. The summed E-state index contributed by atoms with van der Waals surface area (Å²) in [4.78, 5) is 12.6. The van der Waals surface area contributed by atoms with Gasteiger partial charge >= 0.3 is 5.97 Å². The van der Waals surface area contributed by atoms with Crippen molar-refractivity contribution in [3.05, 3.63) is 70.2 Å². The predicted octanol–water partition coefficient (Wildman–Crippen LogP) is 5.68. The molecule has 126 valence electrons. The Bertz CT molecular complexity index is 701. The third kappa shape index (κ3) is 3.72. The molecule has 0 heterocycles. The minimum Gasteiger partial charge on any atom is -0.460 e. The van der Waals surface area contributed by atoms with Crippen LogP contribution < -0.4 is 0 Å². The Kier molecular flexibility index (Phi) is 4.82. The molecule has 0 N–H and O–H groups in total. The van der Waals surface area contributed by atoms with Crippen LogP contribution >= 0.6 is 15.9 Å². The van der Waals surface area contributed by atoms with Gasteiger partial charge in [-0.25, -0.2) is 0 Å². The lowest BCUT2D eigenvalue weighted by atomic mass is 9.59. The molecule has 0 radical (unpaired) electrons. The molecule has 1 saturated carbocycles. The lowest BCUT2D eigenvalue weighted by Gasteiger charge is -2.44. The Morgan fingerprint density at radius 2 is 1.62 bits per heavy atom. The highest BCUT2D eigenvalue weighted by Crippen LogP contribution is 2.54. The number of carbonyl (C=O) groups is 1.